The number of hydrogen-bond donors (Lipinski definition) is 1. The first-order valence-electron chi connectivity index (χ1n) is 6.57. The van der Waals surface area contributed by atoms with Crippen molar-refractivity contribution >= 4 is 10.1 Å². The fourth-order valence-corrected chi connectivity index (χ4v) is 2.32. The summed E-state index contributed by atoms with van der Waals surface area (Å²) in [6.45, 7) is 2.17. The maximum atomic E-state index is 10.3. The molecule has 0 radical (unpaired) electrons. The summed E-state index contributed by atoms with van der Waals surface area (Å²) in [6.07, 6.45) is 7.99. The second-order valence-electron chi connectivity index (χ2n) is 4.61. The van der Waals surface area contributed by atoms with Gasteiger partial charge >= 0.3 is 51.4 Å². The van der Waals surface area contributed by atoms with Crippen LogP contribution in [0.5, 0.6) is 0 Å². The molecule has 1 atom stereocenters. The molecule has 0 heterocycles. The minimum Gasteiger partial charge on any atom is -0.748 e. The first-order chi connectivity index (χ1) is 7.95. The number of aliphatic hydroxyl groups excluding tert-OH is 1. The molecule has 0 aromatic heterocycles. The topological polar surface area (TPSA) is 77.4 Å². The van der Waals surface area contributed by atoms with E-state index in [1.54, 1.807) is 0 Å². The van der Waals surface area contributed by atoms with E-state index >= 15 is 0 Å². The Balaban J connectivity index is 0. The van der Waals surface area contributed by atoms with Crippen molar-refractivity contribution in [1.29, 1.82) is 0 Å². The monoisotopic (exact) mass is 304 g/mol. The van der Waals surface area contributed by atoms with Crippen LogP contribution in [0.1, 0.15) is 64.7 Å². The third-order valence-corrected chi connectivity index (χ3v) is 3.61. The summed E-state index contributed by atoms with van der Waals surface area (Å²) in [5.74, 6) is -0.361. The van der Waals surface area contributed by atoms with E-state index in [4.69, 9.17) is 0 Å². The van der Waals surface area contributed by atoms with Gasteiger partial charge in [-0.3, -0.25) is 0 Å². The number of aliphatic hydroxyl groups is 1. The van der Waals surface area contributed by atoms with Crippen molar-refractivity contribution in [2.24, 2.45) is 0 Å². The maximum Gasteiger partial charge on any atom is 1.00 e. The van der Waals surface area contributed by atoms with Crippen LogP contribution in [-0.4, -0.2) is 29.9 Å². The average Bonchev–Trinajstić information content (AvgIpc) is 2.21. The van der Waals surface area contributed by atoms with E-state index in [-0.39, 0.29) is 63.6 Å². The Hall–Kier alpha value is 1.51. The molecule has 0 fully saturated rings. The fourth-order valence-electron chi connectivity index (χ4n) is 1.80. The van der Waals surface area contributed by atoms with Crippen LogP contribution in [0.3, 0.4) is 0 Å². The van der Waals surface area contributed by atoms with E-state index in [1.165, 1.54) is 25.7 Å². The van der Waals surface area contributed by atoms with E-state index in [1.807, 2.05) is 0 Å². The third kappa shape index (κ3) is 17.5. The molecule has 1 unspecified atom stereocenters. The summed E-state index contributed by atoms with van der Waals surface area (Å²) < 4.78 is 31.0. The molecule has 1 N–H and O–H groups in total. The molecule has 0 aromatic carbocycles. The van der Waals surface area contributed by atoms with E-state index in [2.05, 4.69) is 6.92 Å². The van der Waals surface area contributed by atoms with Crippen molar-refractivity contribution in [2.75, 3.05) is 5.75 Å². The summed E-state index contributed by atoms with van der Waals surface area (Å²) >= 11 is 0. The van der Waals surface area contributed by atoms with Crippen molar-refractivity contribution in [2.45, 2.75) is 70.8 Å². The van der Waals surface area contributed by atoms with Gasteiger partial charge in [-0.1, -0.05) is 45.4 Å². The zero-order valence-corrected chi connectivity index (χ0v) is 15.7. The van der Waals surface area contributed by atoms with Gasteiger partial charge in [0.1, 0.15) is 0 Å². The van der Waals surface area contributed by atoms with E-state index in [0.29, 0.717) is 12.8 Å². The van der Waals surface area contributed by atoms with E-state index < -0.39 is 16.2 Å². The molecule has 104 valence electrons. The van der Waals surface area contributed by atoms with Gasteiger partial charge in [-0.15, -0.1) is 0 Å². The first-order valence-corrected chi connectivity index (χ1v) is 8.15. The summed E-state index contributed by atoms with van der Waals surface area (Å²) in [5, 5.41) is 9.55. The molecular weight excluding hydrogens is 279 g/mol. The molecule has 18 heavy (non-hydrogen) atoms. The van der Waals surface area contributed by atoms with Crippen molar-refractivity contribution < 1.29 is 69.5 Å². The smallest absolute Gasteiger partial charge is 0.748 e. The van der Waals surface area contributed by atoms with Crippen molar-refractivity contribution in [1.82, 2.24) is 0 Å². The largest absolute Gasteiger partial charge is 1.00 e. The minimum atomic E-state index is -4.12. The molecule has 0 saturated carbocycles. The fraction of sp³-hybridized carbons (Fsp3) is 1.00. The molecular formula is C12H25KO4S. The summed E-state index contributed by atoms with van der Waals surface area (Å²) in [7, 11) is -4.12. The van der Waals surface area contributed by atoms with E-state index in [9.17, 15) is 18.1 Å². The van der Waals surface area contributed by atoms with Gasteiger partial charge in [-0.05, 0) is 19.3 Å². The van der Waals surface area contributed by atoms with Crippen LogP contribution in [0, 0.1) is 0 Å². The molecule has 6 heteroatoms. The van der Waals surface area contributed by atoms with Gasteiger partial charge in [0.05, 0.1) is 16.2 Å². The molecule has 0 aliphatic rings. The van der Waals surface area contributed by atoms with Crippen LogP contribution in [0.2, 0.25) is 0 Å². The van der Waals surface area contributed by atoms with E-state index in [0.717, 1.165) is 12.8 Å². The molecule has 0 spiro atoms. The molecule has 0 aliphatic heterocycles. The Morgan fingerprint density at radius 1 is 1.00 bits per heavy atom. The second kappa shape index (κ2) is 13.5. The SMILES string of the molecule is CCCCCCCCC(O)CCCS(=O)(=O)[O-].[K+]. The zero-order chi connectivity index (χ0) is 13.1. The van der Waals surface area contributed by atoms with Crippen molar-refractivity contribution in [3.05, 3.63) is 0 Å². The Morgan fingerprint density at radius 3 is 2.06 bits per heavy atom. The summed E-state index contributed by atoms with van der Waals surface area (Å²) in [4.78, 5) is 0. The number of unbranched alkanes of at least 4 members (excludes halogenated alkanes) is 5. The summed E-state index contributed by atoms with van der Waals surface area (Å²) in [6, 6.07) is 0. The second-order valence-corrected chi connectivity index (χ2v) is 6.14. The Labute approximate surface area is 154 Å². The van der Waals surface area contributed by atoms with Gasteiger partial charge in [0.25, 0.3) is 0 Å². The molecule has 0 saturated heterocycles. The van der Waals surface area contributed by atoms with Crippen LogP contribution in [-0.2, 0) is 10.1 Å². The van der Waals surface area contributed by atoms with Crippen LogP contribution in [0.4, 0.5) is 0 Å². The zero-order valence-electron chi connectivity index (χ0n) is 11.7. The van der Waals surface area contributed by atoms with Crippen molar-refractivity contribution in [3.8, 4) is 0 Å². The average molecular weight is 304 g/mol. The molecule has 0 aromatic rings. The van der Waals surface area contributed by atoms with Gasteiger partial charge in [0.2, 0.25) is 0 Å². The van der Waals surface area contributed by atoms with Crippen LogP contribution in [0.25, 0.3) is 0 Å². The molecule has 4 nitrogen and oxygen atoms in total. The van der Waals surface area contributed by atoms with Gasteiger partial charge in [0, 0.05) is 5.75 Å². The van der Waals surface area contributed by atoms with Gasteiger partial charge in [-0.2, -0.15) is 0 Å². The Kier molecular flexibility index (Phi) is 16.3. The Bertz CT molecular complexity index is 267. The predicted octanol–water partition coefficient (Wildman–Crippen LogP) is -0.573. The van der Waals surface area contributed by atoms with Crippen molar-refractivity contribution in [3.63, 3.8) is 0 Å². The third-order valence-electron chi connectivity index (χ3n) is 2.82. The predicted molar refractivity (Wildman–Crippen MR) is 67.8 cm³/mol. The normalized spacial score (nSPS) is 13.1. The van der Waals surface area contributed by atoms with Crippen LogP contribution < -0.4 is 51.4 Å². The van der Waals surface area contributed by atoms with Gasteiger partial charge in [0.15, 0.2) is 0 Å². The molecule has 0 amide bonds. The standard InChI is InChI=1S/C12H26O4S.K/c1-2-3-4-5-6-7-9-12(13)10-8-11-17(14,15)16;/h12-13H,2-11H2,1H3,(H,14,15,16);/q;+1/p-1. The molecule has 0 rings (SSSR count). The maximum absolute atomic E-state index is 10.3. The summed E-state index contributed by atoms with van der Waals surface area (Å²) in [5.41, 5.74) is 0. The van der Waals surface area contributed by atoms with Crippen LogP contribution in [0.15, 0.2) is 0 Å². The minimum absolute atomic E-state index is 0. The molecule has 0 bridgehead atoms. The first kappa shape index (κ1) is 21.8. The van der Waals surface area contributed by atoms with Gasteiger partial charge < -0.3 is 9.66 Å². The number of hydrogen-bond acceptors (Lipinski definition) is 4. The van der Waals surface area contributed by atoms with Gasteiger partial charge in [-0.25, -0.2) is 8.42 Å². The molecule has 0 aliphatic carbocycles. The Morgan fingerprint density at radius 2 is 1.50 bits per heavy atom. The quantitative estimate of drug-likeness (QED) is 0.315. The number of rotatable bonds is 11. The van der Waals surface area contributed by atoms with Crippen LogP contribution >= 0.6 is 0 Å².